The van der Waals surface area contributed by atoms with E-state index in [9.17, 15) is 23.0 Å². The van der Waals surface area contributed by atoms with Crippen molar-refractivity contribution in [1.82, 2.24) is 4.90 Å². The molecule has 2 unspecified atom stereocenters. The quantitative estimate of drug-likeness (QED) is 0.308. The predicted octanol–water partition coefficient (Wildman–Crippen LogP) is 6.52. The Morgan fingerprint density at radius 3 is 2.39 bits per heavy atom. The Morgan fingerprint density at radius 2 is 1.82 bits per heavy atom. The van der Waals surface area contributed by atoms with E-state index in [1.165, 1.54) is 19.1 Å². The average Bonchev–Trinajstić information content (AvgIpc) is 2.78. The van der Waals surface area contributed by atoms with E-state index in [1.54, 1.807) is 11.8 Å². The first-order chi connectivity index (χ1) is 15.5. The van der Waals surface area contributed by atoms with Crippen LogP contribution in [0.1, 0.15) is 50.3 Å². The van der Waals surface area contributed by atoms with Crippen LogP contribution in [0.3, 0.4) is 0 Å². The van der Waals surface area contributed by atoms with E-state index in [2.05, 4.69) is 15.9 Å². The van der Waals surface area contributed by atoms with Crippen molar-refractivity contribution >= 4 is 29.4 Å². The van der Waals surface area contributed by atoms with Gasteiger partial charge in [-0.2, -0.15) is 8.78 Å². The Kier molecular flexibility index (Phi) is 10.2. The summed E-state index contributed by atoms with van der Waals surface area (Å²) < 4.78 is 46.6. The molecule has 0 aliphatic carbocycles. The molecule has 2 aromatic carbocycles. The number of carbonyl (C=O) groups is 1. The van der Waals surface area contributed by atoms with Crippen molar-refractivity contribution in [3.8, 4) is 0 Å². The summed E-state index contributed by atoms with van der Waals surface area (Å²) in [5, 5.41) is 0. The molecule has 0 aromatic heterocycles. The van der Waals surface area contributed by atoms with Gasteiger partial charge in [-0.15, -0.1) is 0 Å². The maximum Gasteiger partial charge on any atom is 0.402 e. The molecule has 9 heteroatoms. The third-order valence-corrected chi connectivity index (χ3v) is 7.74. The molecule has 0 aliphatic rings. The lowest BCUT2D eigenvalue weighted by molar-refractivity contribution is -0.130. The second-order valence-electron chi connectivity index (χ2n) is 7.91. The fourth-order valence-electron chi connectivity index (χ4n) is 3.27. The molecule has 0 saturated carbocycles. The van der Waals surface area contributed by atoms with Crippen LogP contribution in [0.5, 0.6) is 0 Å². The van der Waals surface area contributed by atoms with E-state index in [0.717, 1.165) is 17.2 Å². The molecule has 0 aliphatic heterocycles. The maximum atomic E-state index is 14.8. The Bertz CT molecular complexity index is 974. The van der Waals surface area contributed by atoms with E-state index in [1.807, 2.05) is 37.3 Å². The number of nitrogens with zero attached hydrogens (tertiary/aromatic N) is 1. The molecule has 0 heterocycles. The number of carbonyl (C=O) groups excluding carboxylic acids is 1. The third kappa shape index (κ3) is 7.44. The van der Waals surface area contributed by atoms with E-state index in [0.29, 0.717) is 38.8 Å². The van der Waals surface area contributed by atoms with Gasteiger partial charge in [0.25, 0.3) is 0 Å². The minimum Gasteiger partial charge on any atom is -0.343 e. The average molecular weight is 546 g/mol. The molecular weight excluding hydrogens is 515 g/mol. The Hall–Kier alpha value is -1.60. The van der Waals surface area contributed by atoms with E-state index in [-0.39, 0.29) is 10.4 Å². The molecule has 0 fully saturated rings. The van der Waals surface area contributed by atoms with Crippen molar-refractivity contribution in [3.63, 3.8) is 0 Å². The number of aryl methyl sites for hydroxylation is 1. The number of benzene rings is 2. The van der Waals surface area contributed by atoms with Crippen molar-refractivity contribution in [3.05, 3.63) is 69.7 Å². The van der Waals surface area contributed by atoms with Crippen LogP contribution in [0.15, 0.2) is 53.0 Å². The molecule has 33 heavy (non-hydrogen) atoms. The minimum atomic E-state index is -5.23. The van der Waals surface area contributed by atoms with Crippen LogP contribution in [0.25, 0.3) is 0 Å². The standard InChI is InChI=1S/C24H31BrF2NO4P/c1-4-18(3)32-33(30,31)24(26,27)21-13-11-20(17-22(21)25)15-16-28(5-2)23(29)14-12-19-9-7-6-8-10-19/h6-11,13,17-18H,4-5,12,14-16H2,1-3H3,(H,30,31). The largest absolute Gasteiger partial charge is 0.402 e. The van der Waals surface area contributed by atoms with Gasteiger partial charge in [0.1, 0.15) is 0 Å². The van der Waals surface area contributed by atoms with E-state index >= 15 is 0 Å². The SMILES string of the molecule is CCC(C)OP(=O)(O)C(F)(F)c1ccc(CCN(CC)C(=O)CCc2ccccc2)cc1Br. The van der Waals surface area contributed by atoms with Crippen molar-refractivity contribution in [2.45, 2.75) is 58.2 Å². The molecule has 0 radical (unpaired) electrons. The lowest BCUT2D eigenvalue weighted by Gasteiger charge is -2.26. The first kappa shape index (κ1) is 27.6. The highest BCUT2D eigenvalue weighted by Gasteiger charge is 2.54. The van der Waals surface area contributed by atoms with Crippen molar-refractivity contribution in [1.29, 1.82) is 0 Å². The second-order valence-corrected chi connectivity index (χ2v) is 10.6. The lowest BCUT2D eigenvalue weighted by atomic mass is 10.1. The monoisotopic (exact) mass is 545 g/mol. The molecule has 182 valence electrons. The number of alkyl halides is 2. The number of hydrogen-bond donors (Lipinski definition) is 1. The van der Waals surface area contributed by atoms with Crippen LogP contribution >= 0.6 is 23.5 Å². The summed E-state index contributed by atoms with van der Waals surface area (Å²) in [7, 11) is -5.23. The molecule has 2 aromatic rings. The Labute approximate surface area is 202 Å². The summed E-state index contributed by atoms with van der Waals surface area (Å²) in [5.74, 6) is 0.0342. The zero-order valence-corrected chi connectivity index (χ0v) is 21.6. The molecule has 5 nitrogen and oxygen atoms in total. The molecule has 0 spiro atoms. The molecule has 2 atom stereocenters. The fourth-order valence-corrected chi connectivity index (χ4v) is 5.37. The van der Waals surface area contributed by atoms with Gasteiger partial charge in [-0.05, 0) is 50.3 Å². The molecular formula is C24H31BrF2NO4P. The van der Waals surface area contributed by atoms with Gasteiger partial charge in [0.05, 0.1) is 6.10 Å². The van der Waals surface area contributed by atoms with Crippen LogP contribution in [0.4, 0.5) is 8.78 Å². The molecule has 1 N–H and O–H groups in total. The van der Waals surface area contributed by atoms with Gasteiger partial charge in [-0.25, -0.2) is 0 Å². The summed E-state index contributed by atoms with van der Waals surface area (Å²) in [5.41, 5.74) is -2.84. The normalized spacial score (nSPS) is 14.5. The zero-order chi connectivity index (χ0) is 24.6. The van der Waals surface area contributed by atoms with Crippen molar-refractivity contribution in [2.24, 2.45) is 0 Å². The highest BCUT2D eigenvalue weighted by Crippen LogP contribution is 2.64. The van der Waals surface area contributed by atoms with Gasteiger partial charge >= 0.3 is 13.3 Å². The smallest absolute Gasteiger partial charge is 0.343 e. The zero-order valence-electron chi connectivity index (χ0n) is 19.1. The number of hydrogen-bond acceptors (Lipinski definition) is 3. The maximum absolute atomic E-state index is 14.8. The lowest BCUT2D eigenvalue weighted by Crippen LogP contribution is -2.32. The van der Waals surface area contributed by atoms with Gasteiger partial charge in [0.15, 0.2) is 0 Å². The minimum absolute atomic E-state index is 0.0190. The topological polar surface area (TPSA) is 66.8 Å². The highest BCUT2D eigenvalue weighted by molar-refractivity contribution is 9.10. The van der Waals surface area contributed by atoms with Crippen LogP contribution in [-0.4, -0.2) is 34.9 Å². The number of amides is 1. The van der Waals surface area contributed by atoms with E-state index in [4.69, 9.17) is 4.52 Å². The Morgan fingerprint density at radius 1 is 1.15 bits per heavy atom. The molecule has 2 rings (SSSR count). The summed E-state index contributed by atoms with van der Waals surface area (Å²) in [6, 6.07) is 13.9. The van der Waals surface area contributed by atoms with Crippen LogP contribution in [-0.2, 0) is 32.4 Å². The van der Waals surface area contributed by atoms with Crippen molar-refractivity contribution < 1.29 is 27.6 Å². The fraction of sp³-hybridized carbons (Fsp3) is 0.458. The van der Waals surface area contributed by atoms with Crippen LogP contribution in [0.2, 0.25) is 0 Å². The predicted molar refractivity (Wildman–Crippen MR) is 129 cm³/mol. The van der Waals surface area contributed by atoms with Crippen LogP contribution in [0, 0.1) is 0 Å². The summed E-state index contributed by atoms with van der Waals surface area (Å²) in [6.07, 6.45) is 1.08. The number of rotatable bonds is 12. The van der Waals surface area contributed by atoms with Gasteiger partial charge < -0.3 is 14.3 Å². The first-order valence-electron chi connectivity index (χ1n) is 11.0. The highest BCUT2D eigenvalue weighted by atomic mass is 79.9. The first-order valence-corrected chi connectivity index (χ1v) is 13.4. The van der Waals surface area contributed by atoms with Gasteiger partial charge in [-0.1, -0.05) is 65.3 Å². The van der Waals surface area contributed by atoms with E-state index < -0.39 is 24.9 Å². The molecule has 0 bridgehead atoms. The number of likely N-dealkylation sites (N-methyl/N-ethyl adjacent to an activating group) is 1. The van der Waals surface area contributed by atoms with Gasteiger partial charge in [-0.3, -0.25) is 9.36 Å². The Balaban J connectivity index is 2.03. The molecule has 0 saturated heterocycles. The second kappa shape index (κ2) is 12.2. The summed E-state index contributed by atoms with van der Waals surface area (Å²) in [4.78, 5) is 24.2. The van der Waals surface area contributed by atoms with Crippen LogP contribution < -0.4 is 0 Å². The molecule has 1 amide bonds. The summed E-state index contributed by atoms with van der Waals surface area (Å²) in [6.45, 7) is 6.04. The number of halogens is 3. The third-order valence-electron chi connectivity index (χ3n) is 5.49. The van der Waals surface area contributed by atoms with Gasteiger partial charge in [0.2, 0.25) is 5.91 Å². The summed E-state index contributed by atoms with van der Waals surface area (Å²) >= 11 is 3.11. The van der Waals surface area contributed by atoms with Gasteiger partial charge in [0, 0.05) is 29.5 Å². The van der Waals surface area contributed by atoms with Crippen molar-refractivity contribution in [2.75, 3.05) is 13.1 Å².